The molecule has 0 saturated carbocycles. The second-order valence-electron chi connectivity index (χ2n) is 9.52. The summed E-state index contributed by atoms with van der Waals surface area (Å²) in [4.78, 5) is 3.33. The molecule has 2 heterocycles. The van der Waals surface area contributed by atoms with Crippen molar-refractivity contribution >= 4 is 22.2 Å². The molecule has 2 aliphatic rings. The van der Waals surface area contributed by atoms with Crippen LogP contribution in [0.3, 0.4) is 0 Å². The molecule has 0 amide bonds. The molecule has 6 heteroatoms. The number of aryl methyl sites for hydroxylation is 1. The molecular formula is C27H36N4OS. The highest BCUT2D eigenvalue weighted by molar-refractivity contribution is 7.90. The summed E-state index contributed by atoms with van der Waals surface area (Å²) in [5.41, 5.74) is 6.64. The average Bonchev–Trinajstić information content (AvgIpc) is 3.28. The summed E-state index contributed by atoms with van der Waals surface area (Å²) in [6, 6.07) is 8.83. The Morgan fingerprint density at radius 1 is 1.15 bits per heavy atom. The average molecular weight is 465 g/mol. The summed E-state index contributed by atoms with van der Waals surface area (Å²) in [5.74, 6) is 0.485. The number of likely N-dealkylation sites (tertiary alicyclic amines) is 1. The number of aromatic nitrogens is 2. The Balaban J connectivity index is 1.46. The van der Waals surface area contributed by atoms with E-state index in [9.17, 15) is 4.21 Å². The normalized spacial score (nSPS) is 17.7. The highest BCUT2D eigenvalue weighted by Crippen LogP contribution is 2.27. The molecule has 1 aliphatic carbocycles. The lowest BCUT2D eigenvalue weighted by Gasteiger charge is -2.15. The van der Waals surface area contributed by atoms with Crippen LogP contribution in [0.1, 0.15) is 55.6 Å². The molecule has 2 aromatic rings. The third kappa shape index (κ3) is 5.92. The third-order valence-electron chi connectivity index (χ3n) is 6.37. The molecule has 0 spiro atoms. The predicted molar refractivity (Wildman–Crippen MR) is 139 cm³/mol. The maximum Gasteiger partial charge on any atom is 0.150 e. The molecule has 1 aromatic carbocycles. The Morgan fingerprint density at radius 2 is 1.94 bits per heavy atom. The predicted octanol–water partition coefficient (Wildman–Crippen LogP) is 5.53. The number of hydrogen-bond acceptors (Lipinski definition) is 3. The van der Waals surface area contributed by atoms with E-state index >= 15 is 0 Å². The van der Waals surface area contributed by atoms with Crippen LogP contribution in [0.2, 0.25) is 0 Å². The highest BCUT2D eigenvalue weighted by Gasteiger charge is 2.18. The fourth-order valence-electron chi connectivity index (χ4n) is 4.50. The van der Waals surface area contributed by atoms with E-state index in [2.05, 4.69) is 71.1 Å². The quantitative estimate of drug-likeness (QED) is 0.559. The maximum atomic E-state index is 13.2. The van der Waals surface area contributed by atoms with Gasteiger partial charge in [0.1, 0.15) is 11.0 Å². The number of allylic oxidation sites excluding steroid dienone is 5. The van der Waals surface area contributed by atoms with Crippen molar-refractivity contribution < 1.29 is 4.21 Å². The largest absolute Gasteiger partial charge is 0.299 e. The lowest BCUT2D eigenvalue weighted by atomic mass is 10.0. The van der Waals surface area contributed by atoms with Crippen molar-refractivity contribution in [3.63, 3.8) is 0 Å². The van der Waals surface area contributed by atoms with Crippen LogP contribution in [0.25, 0.3) is 5.57 Å². The van der Waals surface area contributed by atoms with E-state index in [1.54, 1.807) is 0 Å². The fraction of sp³-hybridized carbons (Fsp3) is 0.444. The van der Waals surface area contributed by atoms with Gasteiger partial charge in [-0.2, -0.15) is 5.10 Å². The maximum absolute atomic E-state index is 13.2. The lowest BCUT2D eigenvalue weighted by Crippen LogP contribution is -2.18. The second kappa shape index (κ2) is 10.7. The van der Waals surface area contributed by atoms with Crippen molar-refractivity contribution in [2.45, 2.75) is 53.0 Å². The van der Waals surface area contributed by atoms with Crippen molar-refractivity contribution in [1.29, 1.82) is 0 Å². The van der Waals surface area contributed by atoms with E-state index in [1.165, 1.54) is 42.6 Å². The molecule has 33 heavy (non-hydrogen) atoms. The topological polar surface area (TPSA) is 50.2 Å². The minimum Gasteiger partial charge on any atom is -0.299 e. The Kier molecular flexibility index (Phi) is 7.66. The van der Waals surface area contributed by atoms with Gasteiger partial charge in [0.2, 0.25) is 0 Å². The molecule has 0 bridgehead atoms. The van der Waals surface area contributed by atoms with Crippen LogP contribution < -0.4 is 4.72 Å². The van der Waals surface area contributed by atoms with E-state index < -0.39 is 11.0 Å². The zero-order valence-corrected chi connectivity index (χ0v) is 21.1. The smallest absolute Gasteiger partial charge is 0.150 e. The lowest BCUT2D eigenvalue weighted by molar-refractivity contribution is 0.331. The van der Waals surface area contributed by atoms with E-state index in [4.69, 9.17) is 0 Å². The minimum atomic E-state index is -1.34. The van der Waals surface area contributed by atoms with Gasteiger partial charge >= 0.3 is 0 Å². The summed E-state index contributed by atoms with van der Waals surface area (Å²) < 4.78 is 18.3. The fourth-order valence-corrected chi connectivity index (χ4v) is 5.51. The first-order valence-corrected chi connectivity index (χ1v) is 13.2. The Hall–Kier alpha value is -2.44. The van der Waals surface area contributed by atoms with Crippen LogP contribution >= 0.6 is 0 Å². The highest BCUT2D eigenvalue weighted by atomic mass is 32.2. The summed E-state index contributed by atoms with van der Waals surface area (Å²) in [6.45, 7) is 9.79. The summed E-state index contributed by atoms with van der Waals surface area (Å²) >= 11 is 0. The van der Waals surface area contributed by atoms with Gasteiger partial charge in [-0.05, 0) is 80.5 Å². The van der Waals surface area contributed by atoms with Gasteiger partial charge < -0.3 is 0 Å². The Labute approximate surface area is 200 Å². The molecule has 4 rings (SSSR count). The SMILES string of the molecule is Cc1c(NS(=O)C2=CCC=C(c3cccc(CN4CCCC4)c3)C=C2)c(CC(C)C)nn1C. The minimum absolute atomic E-state index is 0.485. The molecule has 1 N–H and O–H groups in total. The summed E-state index contributed by atoms with van der Waals surface area (Å²) in [6.07, 6.45) is 12.6. The first-order chi connectivity index (χ1) is 15.9. The van der Waals surface area contributed by atoms with Crippen LogP contribution in [-0.2, 0) is 31.0 Å². The molecule has 1 fully saturated rings. The number of benzene rings is 1. The van der Waals surface area contributed by atoms with E-state index in [-0.39, 0.29) is 0 Å². The van der Waals surface area contributed by atoms with E-state index in [0.717, 1.165) is 41.4 Å². The van der Waals surface area contributed by atoms with Gasteiger partial charge in [0.25, 0.3) is 0 Å². The first kappa shape index (κ1) is 23.7. The van der Waals surface area contributed by atoms with Crippen molar-refractivity contribution in [3.05, 3.63) is 76.0 Å². The van der Waals surface area contributed by atoms with Gasteiger partial charge in [0.05, 0.1) is 22.0 Å². The van der Waals surface area contributed by atoms with Crippen LogP contribution in [-0.4, -0.2) is 32.0 Å². The molecule has 1 atom stereocenters. The molecule has 1 aliphatic heterocycles. The number of rotatable bonds is 8. The molecule has 1 saturated heterocycles. The van der Waals surface area contributed by atoms with Crippen molar-refractivity contribution in [3.8, 4) is 0 Å². The number of anilines is 1. The monoisotopic (exact) mass is 464 g/mol. The van der Waals surface area contributed by atoms with Crippen LogP contribution in [0.5, 0.6) is 0 Å². The zero-order valence-electron chi connectivity index (χ0n) is 20.3. The number of nitrogens with zero attached hydrogens (tertiary/aromatic N) is 3. The molecule has 5 nitrogen and oxygen atoms in total. The number of hydrogen-bond donors (Lipinski definition) is 1. The third-order valence-corrected chi connectivity index (χ3v) is 7.49. The van der Waals surface area contributed by atoms with Gasteiger partial charge in [-0.3, -0.25) is 14.3 Å². The Bertz CT molecular complexity index is 1100. The molecule has 1 aromatic heterocycles. The molecule has 176 valence electrons. The van der Waals surface area contributed by atoms with Crippen LogP contribution in [0.4, 0.5) is 5.69 Å². The molecular weight excluding hydrogens is 428 g/mol. The van der Waals surface area contributed by atoms with Gasteiger partial charge in [-0.15, -0.1) is 0 Å². The first-order valence-electron chi connectivity index (χ1n) is 12.0. The zero-order chi connectivity index (χ0) is 23.4. The molecule has 1 unspecified atom stereocenters. The van der Waals surface area contributed by atoms with Crippen molar-refractivity contribution in [2.75, 3.05) is 17.8 Å². The molecule has 0 radical (unpaired) electrons. The van der Waals surface area contributed by atoms with Crippen LogP contribution in [0, 0.1) is 12.8 Å². The Morgan fingerprint density at radius 3 is 2.70 bits per heavy atom. The van der Waals surface area contributed by atoms with Gasteiger partial charge in [0, 0.05) is 13.6 Å². The van der Waals surface area contributed by atoms with Gasteiger partial charge in [-0.25, -0.2) is 4.21 Å². The summed E-state index contributed by atoms with van der Waals surface area (Å²) in [5, 5.41) is 4.63. The summed E-state index contributed by atoms with van der Waals surface area (Å²) in [7, 11) is 0.598. The second-order valence-corrected chi connectivity index (χ2v) is 10.7. The number of nitrogens with one attached hydrogen (secondary N) is 1. The van der Waals surface area contributed by atoms with Crippen molar-refractivity contribution in [1.82, 2.24) is 14.7 Å². The van der Waals surface area contributed by atoms with Crippen LogP contribution in [0.15, 0.2) is 53.5 Å². The standard InChI is InChI=1S/C27H36N4OS/c1-20(2)17-26-27(21(3)30(4)28-26)29-33(32)25-12-8-10-23(13-14-25)24-11-7-9-22(18-24)19-31-15-5-6-16-31/h7,9-14,18,20,29H,5-6,8,15-17,19H2,1-4H3. The van der Waals surface area contributed by atoms with Gasteiger partial charge in [0.15, 0.2) is 0 Å². The van der Waals surface area contributed by atoms with Gasteiger partial charge in [-0.1, -0.05) is 50.3 Å². The van der Waals surface area contributed by atoms with E-state index in [0.29, 0.717) is 5.92 Å². The van der Waals surface area contributed by atoms with E-state index in [1.807, 2.05) is 24.7 Å². The van der Waals surface area contributed by atoms with Crippen molar-refractivity contribution in [2.24, 2.45) is 13.0 Å².